The third kappa shape index (κ3) is 3.15. The van der Waals surface area contributed by atoms with Gasteiger partial charge in [-0.25, -0.2) is 9.97 Å². The van der Waals surface area contributed by atoms with Gasteiger partial charge in [0, 0.05) is 18.4 Å². The average Bonchev–Trinajstić information content (AvgIpc) is 2.33. The molecule has 1 amide bonds. The molecule has 3 N–H and O–H groups in total. The van der Waals surface area contributed by atoms with Crippen LogP contribution < -0.4 is 11.1 Å². The van der Waals surface area contributed by atoms with E-state index in [0.29, 0.717) is 17.6 Å². The van der Waals surface area contributed by atoms with Crippen molar-refractivity contribution in [3.05, 3.63) is 18.0 Å². The Bertz CT molecular complexity index is 382. The zero-order chi connectivity index (χ0) is 12.3. The summed E-state index contributed by atoms with van der Waals surface area (Å²) in [5, 5.41) is 3.29. The molecular weight excluding hydrogens is 216 g/mol. The standard InChI is InChI=1S/C12H18N4O/c1-8-2-4-10(5-3-8)16-12-14-6-9(7-15-12)11(13)17/h6-8,10H,2-5H2,1H3,(H2,13,17)(H,14,15,16). The molecule has 1 aromatic rings. The predicted molar refractivity (Wildman–Crippen MR) is 65.6 cm³/mol. The molecule has 0 bridgehead atoms. The Hall–Kier alpha value is -1.65. The molecule has 1 fully saturated rings. The Morgan fingerprint density at radius 2 is 1.88 bits per heavy atom. The molecule has 2 rings (SSSR count). The van der Waals surface area contributed by atoms with Crippen molar-refractivity contribution in [2.45, 2.75) is 38.6 Å². The lowest BCUT2D eigenvalue weighted by molar-refractivity contribution is 0.0999. The van der Waals surface area contributed by atoms with Crippen LogP contribution in [0.25, 0.3) is 0 Å². The van der Waals surface area contributed by atoms with Crippen LogP contribution in [0.4, 0.5) is 5.95 Å². The second-order valence-corrected chi connectivity index (χ2v) is 4.76. The number of aromatic nitrogens is 2. The van der Waals surface area contributed by atoms with Crippen LogP contribution in [0.3, 0.4) is 0 Å². The van der Waals surface area contributed by atoms with Crippen molar-refractivity contribution in [1.82, 2.24) is 9.97 Å². The molecule has 1 saturated carbocycles. The van der Waals surface area contributed by atoms with Crippen molar-refractivity contribution in [2.24, 2.45) is 11.7 Å². The fraction of sp³-hybridized carbons (Fsp3) is 0.583. The number of hydrogen-bond donors (Lipinski definition) is 2. The van der Waals surface area contributed by atoms with Crippen molar-refractivity contribution < 1.29 is 4.79 Å². The number of hydrogen-bond acceptors (Lipinski definition) is 4. The minimum atomic E-state index is -0.497. The molecule has 92 valence electrons. The van der Waals surface area contributed by atoms with E-state index in [-0.39, 0.29) is 0 Å². The van der Waals surface area contributed by atoms with Gasteiger partial charge < -0.3 is 11.1 Å². The molecule has 5 nitrogen and oxygen atoms in total. The Labute approximate surface area is 101 Å². The third-order valence-corrected chi connectivity index (χ3v) is 3.29. The second-order valence-electron chi connectivity index (χ2n) is 4.76. The van der Waals surface area contributed by atoms with Crippen LogP contribution in [-0.4, -0.2) is 21.9 Å². The Balaban J connectivity index is 1.92. The zero-order valence-electron chi connectivity index (χ0n) is 10.0. The summed E-state index contributed by atoms with van der Waals surface area (Å²) < 4.78 is 0. The van der Waals surface area contributed by atoms with Crippen LogP contribution in [0.15, 0.2) is 12.4 Å². The molecule has 0 unspecified atom stereocenters. The summed E-state index contributed by atoms with van der Waals surface area (Å²) >= 11 is 0. The van der Waals surface area contributed by atoms with Gasteiger partial charge in [0.25, 0.3) is 5.91 Å². The highest BCUT2D eigenvalue weighted by Crippen LogP contribution is 2.25. The molecule has 1 aliphatic carbocycles. The topological polar surface area (TPSA) is 80.9 Å². The SMILES string of the molecule is CC1CCC(Nc2ncc(C(N)=O)cn2)CC1. The summed E-state index contributed by atoms with van der Waals surface area (Å²) in [6.07, 6.45) is 7.73. The lowest BCUT2D eigenvalue weighted by Gasteiger charge is -2.26. The van der Waals surface area contributed by atoms with E-state index in [1.807, 2.05) is 0 Å². The number of carbonyl (C=O) groups is 1. The Morgan fingerprint density at radius 1 is 1.29 bits per heavy atom. The largest absolute Gasteiger partial charge is 0.366 e. The van der Waals surface area contributed by atoms with Gasteiger partial charge in [0.1, 0.15) is 0 Å². The number of nitrogens with two attached hydrogens (primary N) is 1. The first-order valence-electron chi connectivity index (χ1n) is 6.03. The van der Waals surface area contributed by atoms with Crippen LogP contribution >= 0.6 is 0 Å². The third-order valence-electron chi connectivity index (χ3n) is 3.29. The Morgan fingerprint density at radius 3 is 2.41 bits per heavy atom. The van der Waals surface area contributed by atoms with E-state index in [0.717, 1.165) is 18.8 Å². The van der Waals surface area contributed by atoms with E-state index in [1.165, 1.54) is 25.2 Å². The van der Waals surface area contributed by atoms with Crippen LogP contribution in [0, 0.1) is 5.92 Å². The number of amides is 1. The van der Waals surface area contributed by atoms with Crippen molar-refractivity contribution in [3.63, 3.8) is 0 Å². The van der Waals surface area contributed by atoms with Gasteiger partial charge in [-0.1, -0.05) is 6.92 Å². The zero-order valence-corrected chi connectivity index (χ0v) is 10.0. The number of nitrogens with one attached hydrogen (secondary N) is 1. The highest BCUT2D eigenvalue weighted by atomic mass is 16.1. The normalized spacial score (nSPS) is 24.3. The summed E-state index contributed by atoms with van der Waals surface area (Å²) in [6, 6.07) is 0.450. The summed E-state index contributed by atoms with van der Waals surface area (Å²) in [7, 11) is 0. The maximum absolute atomic E-state index is 10.9. The van der Waals surface area contributed by atoms with E-state index in [9.17, 15) is 4.79 Å². The Kier molecular flexibility index (Phi) is 3.56. The first kappa shape index (κ1) is 11.8. The molecule has 17 heavy (non-hydrogen) atoms. The highest BCUT2D eigenvalue weighted by molar-refractivity contribution is 5.92. The van der Waals surface area contributed by atoms with E-state index in [1.54, 1.807) is 0 Å². The minimum Gasteiger partial charge on any atom is -0.366 e. The summed E-state index contributed by atoms with van der Waals surface area (Å²) in [5.41, 5.74) is 5.46. The molecule has 0 atom stereocenters. The van der Waals surface area contributed by atoms with Crippen molar-refractivity contribution in [1.29, 1.82) is 0 Å². The van der Waals surface area contributed by atoms with Crippen LogP contribution in [0.2, 0.25) is 0 Å². The van der Waals surface area contributed by atoms with Crippen LogP contribution in [0.5, 0.6) is 0 Å². The lowest BCUT2D eigenvalue weighted by atomic mass is 9.87. The number of primary amides is 1. The second kappa shape index (κ2) is 5.12. The molecule has 0 aliphatic heterocycles. The first-order chi connectivity index (χ1) is 8.15. The molecule has 0 spiro atoms. The van der Waals surface area contributed by atoms with Gasteiger partial charge in [0.2, 0.25) is 5.95 Å². The smallest absolute Gasteiger partial charge is 0.251 e. The van der Waals surface area contributed by atoms with Crippen molar-refractivity contribution in [2.75, 3.05) is 5.32 Å². The van der Waals surface area contributed by atoms with Gasteiger partial charge in [-0.3, -0.25) is 4.79 Å². The molecule has 1 aromatic heterocycles. The number of rotatable bonds is 3. The fourth-order valence-corrected chi connectivity index (χ4v) is 2.12. The lowest BCUT2D eigenvalue weighted by Crippen LogP contribution is -2.26. The van der Waals surface area contributed by atoms with Gasteiger partial charge >= 0.3 is 0 Å². The van der Waals surface area contributed by atoms with Gasteiger partial charge in [0.15, 0.2) is 0 Å². The predicted octanol–water partition coefficient (Wildman–Crippen LogP) is 1.57. The van der Waals surface area contributed by atoms with Gasteiger partial charge in [-0.2, -0.15) is 0 Å². The number of nitrogens with zero attached hydrogens (tertiary/aromatic N) is 2. The fourth-order valence-electron chi connectivity index (χ4n) is 2.12. The summed E-state index contributed by atoms with van der Waals surface area (Å²) in [5.74, 6) is 0.906. The van der Waals surface area contributed by atoms with Gasteiger partial charge in [-0.15, -0.1) is 0 Å². The van der Waals surface area contributed by atoms with Gasteiger partial charge in [-0.05, 0) is 31.6 Å². The minimum absolute atomic E-state index is 0.341. The maximum atomic E-state index is 10.9. The molecule has 0 aromatic carbocycles. The van der Waals surface area contributed by atoms with Gasteiger partial charge in [0.05, 0.1) is 5.56 Å². The van der Waals surface area contributed by atoms with Crippen LogP contribution in [-0.2, 0) is 0 Å². The van der Waals surface area contributed by atoms with E-state index >= 15 is 0 Å². The van der Waals surface area contributed by atoms with E-state index in [2.05, 4.69) is 22.2 Å². The highest BCUT2D eigenvalue weighted by Gasteiger charge is 2.18. The molecule has 0 saturated heterocycles. The van der Waals surface area contributed by atoms with Crippen molar-refractivity contribution in [3.8, 4) is 0 Å². The number of anilines is 1. The maximum Gasteiger partial charge on any atom is 0.251 e. The van der Waals surface area contributed by atoms with Crippen LogP contribution in [0.1, 0.15) is 43.0 Å². The molecular formula is C12H18N4O. The average molecular weight is 234 g/mol. The summed E-state index contributed by atoms with van der Waals surface area (Å²) in [6.45, 7) is 2.29. The molecule has 0 radical (unpaired) electrons. The number of carbonyl (C=O) groups excluding carboxylic acids is 1. The van der Waals surface area contributed by atoms with E-state index < -0.39 is 5.91 Å². The molecule has 1 aliphatic rings. The molecule has 1 heterocycles. The first-order valence-corrected chi connectivity index (χ1v) is 6.03. The van der Waals surface area contributed by atoms with Crippen molar-refractivity contribution >= 4 is 11.9 Å². The molecule has 5 heteroatoms. The van der Waals surface area contributed by atoms with E-state index in [4.69, 9.17) is 5.73 Å². The monoisotopic (exact) mass is 234 g/mol. The quantitative estimate of drug-likeness (QED) is 0.831. The summed E-state index contributed by atoms with van der Waals surface area (Å²) in [4.78, 5) is 19.0.